The highest BCUT2D eigenvalue weighted by molar-refractivity contribution is 5.99. The first-order chi connectivity index (χ1) is 9.35. The molecule has 0 aliphatic rings. The molecular weight excluding hydrogens is 260 g/mol. The molecule has 0 radical (unpaired) electrons. The maximum absolute atomic E-state index is 12.1. The molecule has 1 aromatic carbocycles. The van der Waals surface area contributed by atoms with Crippen LogP contribution in [0.5, 0.6) is 5.75 Å². The SMILES string of the molecule is COc1ccc2c(c1)c(C=O)nn2C(=O)OC(C)(C)C. The molecule has 0 bridgehead atoms. The van der Waals surface area contributed by atoms with Gasteiger partial charge in [0.1, 0.15) is 17.0 Å². The van der Waals surface area contributed by atoms with Gasteiger partial charge >= 0.3 is 6.09 Å². The number of carbonyl (C=O) groups is 2. The summed E-state index contributed by atoms with van der Waals surface area (Å²) in [6, 6.07) is 5.02. The molecule has 0 spiro atoms. The van der Waals surface area contributed by atoms with Gasteiger partial charge < -0.3 is 9.47 Å². The Morgan fingerprint density at radius 1 is 1.35 bits per heavy atom. The zero-order chi connectivity index (χ0) is 14.9. The van der Waals surface area contributed by atoms with E-state index in [1.807, 2.05) is 0 Å². The number of hydrogen-bond acceptors (Lipinski definition) is 5. The minimum absolute atomic E-state index is 0.171. The van der Waals surface area contributed by atoms with Gasteiger partial charge in [-0.15, -0.1) is 0 Å². The molecule has 0 fully saturated rings. The molecule has 6 heteroatoms. The Morgan fingerprint density at radius 2 is 2.05 bits per heavy atom. The fourth-order valence-electron chi connectivity index (χ4n) is 1.78. The molecule has 106 valence electrons. The number of aldehydes is 1. The monoisotopic (exact) mass is 276 g/mol. The zero-order valence-electron chi connectivity index (χ0n) is 11.8. The molecule has 0 unspecified atom stereocenters. The molecule has 2 aromatic rings. The minimum Gasteiger partial charge on any atom is -0.497 e. The lowest BCUT2D eigenvalue weighted by atomic mass is 10.2. The van der Waals surface area contributed by atoms with Crippen molar-refractivity contribution in [2.75, 3.05) is 7.11 Å². The highest BCUT2D eigenvalue weighted by Gasteiger charge is 2.22. The van der Waals surface area contributed by atoms with Crippen molar-refractivity contribution in [3.8, 4) is 5.75 Å². The largest absolute Gasteiger partial charge is 0.497 e. The van der Waals surface area contributed by atoms with Crippen LogP contribution in [0.4, 0.5) is 4.79 Å². The van der Waals surface area contributed by atoms with Crippen molar-refractivity contribution in [1.82, 2.24) is 9.78 Å². The summed E-state index contributed by atoms with van der Waals surface area (Å²) in [7, 11) is 1.53. The third-order valence-corrected chi connectivity index (χ3v) is 2.59. The Kier molecular flexibility index (Phi) is 3.48. The number of rotatable bonds is 2. The van der Waals surface area contributed by atoms with Crippen LogP contribution in [0, 0.1) is 0 Å². The summed E-state index contributed by atoms with van der Waals surface area (Å²) >= 11 is 0. The van der Waals surface area contributed by atoms with Gasteiger partial charge in [0, 0.05) is 5.39 Å². The summed E-state index contributed by atoms with van der Waals surface area (Å²) in [5, 5.41) is 4.53. The van der Waals surface area contributed by atoms with Crippen LogP contribution in [0.25, 0.3) is 10.9 Å². The second kappa shape index (κ2) is 4.96. The number of ether oxygens (including phenoxy) is 2. The van der Waals surface area contributed by atoms with Crippen LogP contribution in [-0.2, 0) is 4.74 Å². The average molecular weight is 276 g/mol. The Bertz CT molecular complexity index is 668. The third kappa shape index (κ3) is 2.64. The first-order valence-electron chi connectivity index (χ1n) is 6.11. The number of fused-ring (bicyclic) bond motifs is 1. The van der Waals surface area contributed by atoms with Gasteiger partial charge in [0.15, 0.2) is 6.29 Å². The van der Waals surface area contributed by atoms with E-state index in [0.29, 0.717) is 22.9 Å². The van der Waals surface area contributed by atoms with E-state index in [1.54, 1.807) is 39.0 Å². The van der Waals surface area contributed by atoms with E-state index >= 15 is 0 Å². The summed E-state index contributed by atoms with van der Waals surface area (Å²) < 4.78 is 11.5. The highest BCUT2D eigenvalue weighted by atomic mass is 16.6. The molecule has 2 rings (SSSR count). The van der Waals surface area contributed by atoms with E-state index < -0.39 is 11.7 Å². The fraction of sp³-hybridized carbons (Fsp3) is 0.357. The zero-order valence-corrected chi connectivity index (χ0v) is 11.8. The van der Waals surface area contributed by atoms with Crippen molar-refractivity contribution >= 4 is 23.3 Å². The van der Waals surface area contributed by atoms with E-state index in [2.05, 4.69) is 5.10 Å². The van der Waals surface area contributed by atoms with E-state index in [9.17, 15) is 9.59 Å². The lowest BCUT2D eigenvalue weighted by molar-refractivity contribution is 0.0522. The van der Waals surface area contributed by atoms with E-state index in [0.717, 1.165) is 4.68 Å². The van der Waals surface area contributed by atoms with Crippen LogP contribution in [-0.4, -0.2) is 34.9 Å². The number of carbonyl (C=O) groups excluding carboxylic acids is 2. The van der Waals surface area contributed by atoms with Crippen LogP contribution in [0.15, 0.2) is 18.2 Å². The number of methoxy groups -OCH3 is 1. The highest BCUT2D eigenvalue weighted by Crippen LogP contribution is 2.24. The molecule has 6 nitrogen and oxygen atoms in total. The fourth-order valence-corrected chi connectivity index (χ4v) is 1.78. The molecule has 0 aliphatic heterocycles. The smallest absolute Gasteiger partial charge is 0.435 e. The Hall–Kier alpha value is -2.37. The number of hydrogen-bond donors (Lipinski definition) is 0. The lowest BCUT2D eigenvalue weighted by Gasteiger charge is -2.19. The van der Waals surface area contributed by atoms with Crippen LogP contribution < -0.4 is 4.74 Å². The summed E-state index contributed by atoms with van der Waals surface area (Å²) in [5.41, 5.74) is 0.0373. The minimum atomic E-state index is -0.636. The topological polar surface area (TPSA) is 70.4 Å². The molecular formula is C14H16N2O4. The molecule has 1 heterocycles. The van der Waals surface area contributed by atoms with Crippen molar-refractivity contribution in [3.63, 3.8) is 0 Å². The van der Waals surface area contributed by atoms with Gasteiger partial charge in [-0.1, -0.05) is 0 Å². The standard InChI is InChI=1S/C14H16N2O4/c1-14(2,3)20-13(18)16-12-6-5-9(19-4)7-10(12)11(8-17)15-16/h5-8H,1-4H3. The molecule has 0 amide bonds. The van der Waals surface area contributed by atoms with Crippen molar-refractivity contribution in [2.24, 2.45) is 0 Å². The Balaban J connectivity index is 2.55. The van der Waals surface area contributed by atoms with Gasteiger partial charge in [-0.2, -0.15) is 9.78 Å². The van der Waals surface area contributed by atoms with E-state index in [-0.39, 0.29) is 5.69 Å². The molecule has 0 N–H and O–H groups in total. The van der Waals surface area contributed by atoms with Crippen LogP contribution in [0.1, 0.15) is 31.3 Å². The third-order valence-electron chi connectivity index (χ3n) is 2.59. The summed E-state index contributed by atoms with van der Waals surface area (Å²) in [6.07, 6.45) is -0.0244. The van der Waals surface area contributed by atoms with Gasteiger partial charge in [-0.3, -0.25) is 4.79 Å². The number of aromatic nitrogens is 2. The van der Waals surface area contributed by atoms with Crippen molar-refractivity contribution in [2.45, 2.75) is 26.4 Å². The molecule has 0 saturated heterocycles. The van der Waals surface area contributed by atoms with E-state index in [1.165, 1.54) is 7.11 Å². The Morgan fingerprint density at radius 3 is 2.60 bits per heavy atom. The molecule has 0 aliphatic carbocycles. The molecule has 20 heavy (non-hydrogen) atoms. The molecule has 0 saturated carbocycles. The van der Waals surface area contributed by atoms with Crippen molar-refractivity contribution in [3.05, 3.63) is 23.9 Å². The summed E-state index contributed by atoms with van der Waals surface area (Å²) in [6.45, 7) is 5.29. The van der Waals surface area contributed by atoms with Crippen LogP contribution in [0.3, 0.4) is 0 Å². The van der Waals surface area contributed by atoms with Crippen LogP contribution in [0.2, 0.25) is 0 Å². The van der Waals surface area contributed by atoms with Gasteiger partial charge in [0.25, 0.3) is 0 Å². The van der Waals surface area contributed by atoms with Crippen LogP contribution >= 0.6 is 0 Å². The maximum atomic E-state index is 12.1. The second-order valence-corrected chi connectivity index (χ2v) is 5.28. The number of nitrogens with zero attached hydrogens (tertiary/aromatic N) is 2. The normalized spacial score (nSPS) is 11.4. The number of benzene rings is 1. The predicted molar refractivity (Wildman–Crippen MR) is 73.3 cm³/mol. The first-order valence-corrected chi connectivity index (χ1v) is 6.11. The van der Waals surface area contributed by atoms with Gasteiger partial charge in [0.05, 0.1) is 12.6 Å². The first kappa shape index (κ1) is 14.0. The maximum Gasteiger partial charge on any atom is 0.435 e. The second-order valence-electron chi connectivity index (χ2n) is 5.28. The summed E-state index contributed by atoms with van der Waals surface area (Å²) in [5.74, 6) is 0.587. The van der Waals surface area contributed by atoms with Crippen molar-refractivity contribution < 1.29 is 19.1 Å². The molecule has 1 aromatic heterocycles. The summed E-state index contributed by atoms with van der Waals surface area (Å²) in [4.78, 5) is 23.2. The lowest BCUT2D eigenvalue weighted by Crippen LogP contribution is -2.27. The predicted octanol–water partition coefficient (Wildman–Crippen LogP) is 2.64. The van der Waals surface area contributed by atoms with Gasteiger partial charge in [-0.25, -0.2) is 4.79 Å². The average Bonchev–Trinajstić information content (AvgIpc) is 2.74. The van der Waals surface area contributed by atoms with Crippen molar-refractivity contribution in [1.29, 1.82) is 0 Å². The Labute approximate surface area is 116 Å². The quantitative estimate of drug-likeness (QED) is 0.788. The van der Waals surface area contributed by atoms with E-state index in [4.69, 9.17) is 9.47 Å². The van der Waals surface area contributed by atoms with Gasteiger partial charge in [-0.05, 0) is 39.0 Å². The van der Waals surface area contributed by atoms with Gasteiger partial charge in [0.2, 0.25) is 0 Å². The molecule has 0 atom stereocenters.